The van der Waals surface area contributed by atoms with Crippen LogP contribution in [0.2, 0.25) is 0 Å². The van der Waals surface area contributed by atoms with Gasteiger partial charge in [0.15, 0.2) is 0 Å². The third kappa shape index (κ3) is 5.39. The van der Waals surface area contributed by atoms with Crippen molar-refractivity contribution in [2.24, 2.45) is 0 Å². The second-order valence-electron chi connectivity index (χ2n) is 6.09. The van der Waals surface area contributed by atoms with Crippen molar-refractivity contribution < 1.29 is 18.0 Å². The van der Waals surface area contributed by atoms with E-state index in [-0.39, 0.29) is 33.1 Å². The molecule has 0 radical (unpaired) electrons. The Morgan fingerprint density at radius 3 is 2.43 bits per heavy atom. The molecule has 0 unspecified atom stereocenters. The average Bonchev–Trinajstić information content (AvgIpc) is 3.22. The van der Waals surface area contributed by atoms with Crippen LogP contribution in [0.4, 0.5) is 10.8 Å². The van der Waals surface area contributed by atoms with Gasteiger partial charge in [0.05, 0.1) is 11.3 Å². The minimum Gasteiger partial charge on any atom is -0.348 e. The van der Waals surface area contributed by atoms with E-state index in [0.29, 0.717) is 6.54 Å². The zero-order valence-corrected chi connectivity index (χ0v) is 17.6. The molecule has 11 heteroatoms. The largest absolute Gasteiger partial charge is 0.348 e. The Balaban J connectivity index is 1.75. The molecule has 1 heterocycles. The molecule has 2 aromatic carbocycles. The Bertz CT molecular complexity index is 1150. The van der Waals surface area contributed by atoms with Crippen molar-refractivity contribution in [2.75, 3.05) is 10.0 Å². The lowest BCUT2D eigenvalue weighted by Gasteiger charge is -2.11. The Kier molecular flexibility index (Phi) is 6.75. The van der Waals surface area contributed by atoms with Crippen LogP contribution in [-0.2, 0) is 21.4 Å². The maximum atomic E-state index is 12.7. The fourth-order valence-electron chi connectivity index (χ4n) is 2.41. The predicted octanol–water partition coefficient (Wildman–Crippen LogP) is 2.62. The second-order valence-corrected chi connectivity index (χ2v) is 8.93. The second kappa shape index (κ2) is 9.46. The molecular weight excluding hydrogens is 426 g/mol. The number of para-hydroxylation sites is 1. The van der Waals surface area contributed by atoms with Crippen molar-refractivity contribution in [3.8, 4) is 0 Å². The standard InChI is InChI=1S/C19H19N5O4S2/c1-2-16(25)21-18-22-23-19(29-18)30(27,28)24-15-11-7-6-10-14(15)17(26)20-12-13-8-4-3-5-9-13/h3-11,24H,2,12H2,1H3,(H,20,26)(H,21,22,25). The molecule has 0 fully saturated rings. The quantitative estimate of drug-likeness (QED) is 0.457. The first kappa shape index (κ1) is 21.4. The molecule has 3 aromatic rings. The van der Waals surface area contributed by atoms with Gasteiger partial charge in [0.2, 0.25) is 11.0 Å². The molecule has 1 aromatic heterocycles. The predicted molar refractivity (Wildman–Crippen MR) is 114 cm³/mol. The fraction of sp³-hybridized carbons (Fsp3) is 0.158. The Morgan fingerprint density at radius 2 is 1.70 bits per heavy atom. The van der Waals surface area contributed by atoms with Crippen molar-refractivity contribution in [1.29, 1.82) is 0 Å². The average molecular weight is 446 g/mol. The highest BCUT2D eigenvalue weighted by Crippen LogP contribution is 2.24. The summed E-state index contributed by atoms with van der Waals surface area (Å²) >= 11 is 0.719. The van der Waals surface area contributed by atoms with Crippen molar-refractivity contribution in [2.45, 2.75) is 24.2 Å². The van der Waals surface area contributed by atoms with Gasteiger partial charge >= 0.3 is 0 Å². The minimum atomic E-state index is -4.09. The van der Waals surface area contributed by atoms with Gasteiger partial charge in [-0.1, -0.05) is 60.7 Å². The number of hydrogen-bond donors (Lipinski definition) is 3. The van der Waals surface area contributed by atoms with E-state index in [0.717, 1.165) is 16.9 Å². The SMILES string of the molecule is CCC(=O)Nc1nnc(S(=O)(=O)Nc2ccccc2C(=O)NCc2ccccc2)s1. The maximum Gasteiger partial charge on any atom is 0.291 e. The number of nitrogens with one attached hydrogen (secondary N) is 3. The summed E-state index contributed by atoms with van der Waals surface area (Å²) in [5, 5.41) is 12.6. The van der Waals surface area contributed by atoms with Gasteiger partial charge in [-0.25, -0.2) is 0 Å². The molecule has 2 amide bonds. The van der Waals surface area contributed by atoms with Crippen LogP contribution in [0, 0.1) is 0 Å². The molecule has 156 valence electrons. The van der Waals surface area contributed by atoms with E-state index < -0.39 is 15.9 Å². The summed E-state index contributed by atoms with van der Waals surface area (Å²) in [5.74, 6) is -0.728. The molecule has 0 aliphatic rings. The molecule has 0 aliphatic carbocycles. The van der Waals surface area contributed by atoms with E-state index in [1.807, 2.05) is 30.3 Å². The summed E-state index contributed by atoms with van der Waals surface area (Å²) in [6.07, 6.45) is 0.228. The van der Waals surface area contributed by atoms with Crippen molar-refractivity contribution in [1.82, 2.24) is 15.5 Å². The fourth-order valence-corrected chi connectivity index (χ4v) is 4.41. The number of sulfonamides is 1. The summed E-state index contributed by atoms with van der Waals surface area (Å²) in [6.45, 7) is 1.97. The number of nitrogens with zero attached hydrogens (tertiary/aromatic N) is 2. The highest BCUT2D eigenvalue weighted by Gasteiger charge is 2.23. The minimum absolute atomic E-state index is 0.0797. The number of hydrogen-bond acceptors (Lipinski definition) is 7. The summed E-state index contributed by atoms with van der Waals surface area (Å²) in [7, 11) is -4.09. The van der Waals surface area contributed by atoms with E-state index in [4.69, 9.17) is 0 Å². The van der Waals surface area contributed by atoms with E-state index in [1.54, 1.807) is 19.1 Å². The lowest BCUT2D eigenvalue weighted by molar-refractivity contribution is -0.115. The third-order valence-corrected chi connectivity index (χ3v) is 6.49. The van der Waals surface area contributed by atoms with Gasteiger partial charge in [-0.05, 0) is 17.7 Å². The smallest absolute Gasteiger partial charge is 0.291 e. The van der Waals surface area contributed by atoms with E-state index in [2.05, 4.69) is 25.6 Å². The van der Waals surface area contributed by atoms with E-state index in [9.17, 15) is 18.0 Å². The molecule has 0 aliphatic heterocycles. The van der Waals surface area contributed by atoms with Crippen LogP contribution in [0.1, 0.15) is 29.3 Å². The zero-order chi connectivity index (χ0) is 21.6. The number of benzene rings is 2. The van der Waals surface area contributed by atoms with Gasteiger partial charge in [0.1, 0.15) is 0 Å². The van der Waals surface area contributed by atoms with Gasteiger partial charge in [0, 0.05) is 13.0 Å². The van der Waals surface area contributed by atoms with Crippen LogP contribution < -0.4 is 15.4 Å². The van der Waals surface area contributed by atoms with Crippen LogP contribution in [0.15, 0.2) is 58.9 Å². The van der Waals surface area contributed by atoms with Crippen LogP contribution in [0.3, 0.4) is 0 Å². The first-order chi connectivity index (χ1) is 14.4. The van der Waals surface area contributed by atoms with Gasteiger partial charge in [-0.2, -0.15) is 8.42 Å². The van der Waals surface area contributed by atoms with E-state index in [1.165, 1.54) is 12.1 Å². The van der Waals surface area contributed by atoms with Crippen molar-refractivity contribution in [3.05, 3.63) is 65.7 Å². The van der Waals surface area contributed by atoms with Crippen LogP contribution in [0.5, 0.6) is 0 Å². The molecule has 30 heavy (non-hydrogen) atoms. The van der Waals surface area contributed by atoms with Gasteiger partial charge in [-0.3, -0.25) is 14.3 Å². The number of carbonyl (C=O) groups is 2. The molecule has 0 saturated heterocycles. The van der Waals surface area contributed by atoms with Gasteiger partial charge in [-0.15, -0.1) is 10.2 Å². The first-order valence-corrected chi connectivity index (χ1v) is 11.3. The van der Waals surface area contributed by atoms with Gasteiger partial charge in [0.25, 0.3) is 20.3 Å². The highest BCUT2D eigenvalue weighted by molar-refractivity contribution is 7.94. The monoisotopic (exact) mass is 445 g/mol. The zero-order valence-electron chi connectivity index (χ0n) is 16.0. The summed E-state index contributed by atoms with van der Waals surface area (Å²) in [5.41, 5.74) is 1.19. The number of carbonyl (C=O) groups excluding carboxylic acids is 2. The Morgan fingerprint density at radius 1 is 1.00 bits per heavy atom. The topological polar surface area (TPSA) is 130 Å². The number of rotatable bonds is 8. The number of aromatic nitrogens is 2. The van der Waals surface area contributed by atoms with Crippen LogP contribution in [-0.4, -0.2) is 30.4 Å². The van der Waals surface area contributed by atoms with E-state index >= 15 is 0 Å². The maximum absolute atomic E-state index is 12.7. The summed E-state index contributed by atoms with van der Waals surface area (Å²) < 4.78 is 27.4. The first-order valence-electron chi connectivity index (χ1n) is 8.96. The molecular formula is C19H19N5O4S2. The number of amides is 2. The third-order valence-electron chi connectivity index (χ3n) is 3.92. The molecule has 0 bridgehead atoms. The lowest BCUT2D eigenvalue weighted by atomic mass is 10.1. The normalized spacial score (nSPS) is 11.0. The number of anilines is 2. The summed E-state index contributed by atoms with van der Waals surface area (Å²) in [6, 6.07) is 15.6. The van der Waals surface area contributed by atoms with Crippen molar-refractivity contribution in [3.63, 3.8) is 0 Å². The highest BCUT2D eigenvalue weighted by atomic mass is 32.2. The lowest BCUT2D eigenvalue weighted by Crippen LogP contribution is -2.25. The summed E-state index contributed by atoms with van der Waals surface area (Å²) in [4.78, 5) is 24.0. The molecule has 0 spiro atoms. The van der Waals surface area contributed by atoms with Crippen LogP contribution >= 0.6 is 11.3 Å². The molecule has 0 saturated carbocycles. The molecule has 3 rings (SSSR count). The molecule has 0 atom stereocenters. The Hall–Kier alpha value is -3.31. The molecule has 3 N–H and O–H groups in total. The Labute approximate surface area is 177 Å². The van der Waals surface area contributed by atoms with Crippen molar-refractivity contribution >= 4 is 44.0 Å². The van der Waals surface area contributed by atoms with Crippen LogP contribution in [0.25, 0.3) is 0 Å². The van der Waals surface area contributed by atoms with Gasteiger partial charge < -0.3 is 10.6 Å². The molecule has 9 nitrogen and oxygen atoms in total.